The van der Waals surface area contributed by atoms with Gasteiger partial charge in [-0.1, -0.05) is 17.0 Å². The molecule has 1 aromatic carbocycles. The van der Waals surface area contributed by atoms with Crippen LogP contribution in [0.3, 0.4) is 0 Å². The fourth-order valence-corrected chi connectivity index (χ4v) is 2.94. The Kier molecular flexibility index (Phi) is 5.29. The smallest absolute Gasteiger partial charge is 0.303 e. The highest BCUT2D eigenvalue weighted by atomic mass is 16.5. The van der Waals surface area contributed by atoms with E-state index in [1.165, 1.54) is 13.0 Å². The van der Waals surface area contributed by atoms with Crippen LogP contribution in [0.25, 0.3) is 16.9 Å². The number of benzene rings is 1. The third kappa shape index (κ3) is 4.05. The number of aromatic nitrogens is 5. The van der Waals surface area contributed by atoms with E-state index in [0.29, 0.717) is 35.0 Å². The van der Waals surface area contributed by atoms with Gasteiger partial charge in [0.25, 0.3) is 0 Å². The number of anilines is 1. The van der Waals surface area contributed by atoms with Crippen LogP contribution in [0.4, 0.5) is 5.95 Å². The molecule has 1 unspecified atom stereocenters. The molecule has 0 fully saturated rings. The van der Waals surface area contributed by atoms with Crippen LogP contribution in [0, 0.1) is 11.8 Å². The van der Waals surface area contributed by atoms with E-state index in [2.05, 4.69) is 31.9 Å². The van der Waals surface area contributed by atoms with Crippen molar-refractivity contribution in [3.8, 4) is 23.7 Å². The summed E-state index contributed by atoms with van der Waals surface area (Å²) >= 11 is 0. The van der Waals surface area contributed by atoms with Crippen molar-refractivity contribution in [1.29, 1.82) is 0 Å². The number of aliphatic hydroxyl groups is 2. The highest BCUT2D eigenvalue weighted by Gasteiger charge is 2.25. The molecule has 0 radical (unpaired) electrons. The molecule has 31 heavy (non-hydrogen) atoms. The van der Waals surface area contributed by atoms with Gasteiger partial charge in [0.15, 0.2) is 11.4 Å². The van der Waals surface area contributed by atoms with Gasteiger partial charge < -0.3 is 25.2 Å². The van der Waals surface area contributed by atoms with Crippen molar-refractivity contribution in [3.05, 3.63) is 53.5 Å². The van der Waals surface area contributed by atoms with E-state index in [4.69, 9.17) is 20.1 Å². The fourth-order valence-electron chi connectivity index (χ4n) is 2.94. The van der Waals surface area contributed by atoms with Gasteiger partial charge in [-0.05, 0) is 32.0 Å². The van der Waals surface area contributed by atoms with E-state index in [1.54, 1.807) is 29.0 Å². The summed E-state index contributed by atoms with van der Waals surface area (Å²) in [6.45, 7) is 3.47. The zero-order valence-corrected chi connectivity index (χ0v) is 16.9. The summed E-state index contributed by atoms with van der Waals surface area (Å²) in [5.41, 5.74) is 6.41. The van der Waals surface area contributed by atoms with E-state index >= 15 is 0 Å². The second kappa shape index (κ2) is 8.06. The van der Waals surface area contributed by atoms with Crippen LogP contribution >= 0.6 is 0 Å². The summed E-state index contributed by atoms with van der Waals surface area (Å²) in [5, 5.41) is 23.5. The normalized spacial score (nSPS) is 12.9. The molecule has 0 aliphatic rings. The molecule has 0 aliphatic heterocycles. The molecule has 3 heterocycles. The first kappa shape index (κ1) is 20.3. The minimum Gasteiger partial charge on any atom is -0.465 e. The number of rotatable bonds is 5. The molecule has 0 saturated carbocycles. The third-order valence-corrected chi connectivity index (χ3v) is 4.45. The number of ether oxygens (including phenoxy) is 1. The van der Waals surface area contributed by atoms with Crippen LogP contribution in [0.15, 0.2) is 41.1 Å². The Morgan fingerprint density at radius 2 is 2.10 bits per heavy atom. The highest BCUT2D eigenvalue weighted by Crippen LogP contribution is 2.27. The lowest BCUT2D eigenvalue weighted by molar-refractivity contribution is 0.112. The van der Waals surface area contributed by atoms with Gasteiger partial charge in [-0.15, -0.1) is 0 Å². The van der Waals surface area contributed by atoms with E-state index in [0.717, 1.165) is 0 Å². The first-order valence-electron chi connectivity index (χ1n) is 9.48. The van der Waals surface area contributed by atoms with Crippen LogP contribution in [0.1, 0.15) is 30.9 Å². The summed E-state index contributed by atoms with van der Waals surface area (Å²) in [4.78, 5) is 12.7. The molecule has 0 saturated heterocycles. The van der Waals surface area contributed by atoms with Crippen molar-refractivity contribution in [1.82, 2.24) is 24.7 Å². The largest absolute Gasteiger partial charge is 0.465 e. The maximum atomic E-state index is 10.7. The SMILES string of the molecule is CCOc1nc2ccc(C#CC(C)(O)c3cc(CO)on3)cc2n1-c1ccnc(N)n1. The van der Waals surface area contributed by atoms with Crippen LogP contribution < -0.4 is 10.5 Å². The fraction of sp³-hybridized carbons (Fsp3) is 0.238. The average molecular weight is 420 g/mol. The Morgan fingerprint density at radius 3 is 2.81 bits per heavy atom. The van der Waals surface area contributed by atoms with E-state index < -0.39 is 5.60 Å². The molecular formula is C21H20N6O4. The van der Waals surface area contributed by atoms with Crippen molar-refractivity contribution in [2.45, 2.75) is 26.1 Å². The number of imidazole rings is 1. The van der Waals surface area contributed by atoms with Crippen LogP contribution in [-0.2, 0) is 12.2 Å². The molecule has 4 rings (SSSR count). The van der Waals surface area contributed by atoms with Gasteiger partial charge >= 0.3 is 6.01 Å². The van der Waals surface area contributed by atoms with Crippen LogP contribution in [-0.4, -0.2) is 41.5 Å². The zero-order chi connectivity index (χ0) is 22.0. The molecule has 0 aliphatic carbocycles. The molecule has 0 amide bonds. The van der Waals surface area contributed by atoms with Gasteiger partial charge in [0.2, 0.25) is 5.95 Å². The number of nitrogen functional groups attached to an aromatic ring is 1. The van der Waals surface area contributed by atoms with Gasteiger partial charge in [-0.2, -0.15) is 9.97 Å². The lowest BCUT2D eigenvalue weighted by Crippen LogP contribution is -2.18. The third-order valence-electron chi connectivity index (χ3n) is 4.45. The summed E-state index contributed by atoms with van der Waals surface area (Å²) in [5.74, 6) is 6.62. The van der Waals surface area contributed by atoms with E-state index in [9.17, 15) is 5.11 Å². The Balaban J connectivity index is 1.78. The van der Waals surface area contributed by atoms with Gasteiger partial charge in [0.1, 0.15) is 18.1 Å². The monoisotopic (exact) mass is 420 g/mol. The molecule has 10 heteroatoms. The molecule has 4 N–H and O–H groups in total. The van der Waals surface area contributed by atoms with Crippen molar-refractivity contribution in [2.24, 2.45) is 0 Å². The minimum atomic E-state index is -1.57. The van der Waals surface area contributed by atoms with Crippen molar-refractivity contribution in [3.63, 3.8) is 0 Å². The molecule has 158 valence electrons. The molecule has 3 aromatic heterocycles. The first-order chi connectivity index (χ1) is 14.9. The average Bonchev–Trinajstić information content (AvgIpc) is 3.37. The number of nitrogens with zero attached hydrogens (tertiary/aromatic N) is 5. The molecule has 0 bridgehead atoms. The number of fused-ring (bicyclic) bond motifs is 1. The van der Waals surface area contributed by atoms with Crippen LogP contribution in [0.2, 0.25) is 0 Å². The van der Waals surface area contributed by atoms with E-state index in [1.807, 2.05) is 13.0 Å². The highest BCUT2D eigenvalue weighted by molar-refractivity contribution is 5.80. The quantitative estimate of drug-likeness (QED) is 0.409. The van der Waals surface area contributed by atoms with Crippen LogP contribution in [0.5, 0.6) is 6.01 Å². The number of hydrogen-bond acceptors (Lipinski definition) is 9. The van der Waals surface area contributed by atoms with Gasteiger partial charge in [0.05, 0.1) is 17.6 Å². The Hall–Kier alpha value is -3.94. The molecule has 10 nitrogen and oxygen atoms in total. The predicted octanol–water partition coefficient (Wildman–Crippen LogP) is 1.54. The minimum absolute atomic E-state index is 0.128. The topological polar surface area (TPSA) is 145 Å². The summed E-state index contributed by atoms with van der Waals surface area (Å²) in [7, 11) is 0. The number of hydrogen-bond donors (Lipinski definition) is 3. The lowest BCUT2D eigenvalue weighted by atomic mass is 10.0. The summed E-state index contributed by atoms with van der Waals surface area (Å²) in [6, 6.07) is 8.93. The predicted molar refractivity (Wildman–Crippen MR) is 111 cm³/mol. The van der Waals surface area contributed by atoms with Gasteiger partial charge in [-0.3, -0.25) is 0 Å². The molecule has 1 atom stereocenters. The Labute approximate surface area is 177 Å². The van der Waals surface area contributed by atoms with Crippen molar-refractivity contribution >= 4 is 17.0 Å². The van der Waals surface area contributed by atoms with Gasteiger partial charge in [0, 0.05) is 23.9 Å². The summed E-state index contributed by atoms with van der Waals surface area (Å²) in [6.07, 6.45) is 1.55. The maximum absolute atomic E-state index is 10.7. The standard InChI is InChI=1S/C21H20N6O4/c1-3-30-20-24-15-5-4-13(6-8-21(2,29)17-11-14(12-28)31-26-17)10-16(15)27(20)18-7-9-23-19(22)25-18/h4-5,7,9-11,28-29H,3,12H2,1-2H3,(H2,22,23,25). The molecular weight excluding hydrogens is 400 g/mol. The zero-order valence-electron chi connectivity index (χ0n) is 16.9. The summed E-state index contributed by atoms with van der Waals surface area (Å²) < 4.78 is 12.3. The first-order valence-corrected chi connectivity index (χ1v) is 9.48. The number of aliphatic hydroxyl groups excluding tert-OH is 1. The maximum Gasteiger partial charge on any atom is 0.303 e. The van der Waals surface area contributed by atoms with E-state index in [-0.39, 0.29) is 24.0 Å². The number of nitrogens with two attached hydrogens (primary N) is 1. The molecule has 0 spiro atoms. The second-order valence-corrected chi connectivity index (χ2v) is 6.80. The van der Waals surface area contributed by atoms with Crippen molar-refractivity contribution in [2.75, 3.05) is 12.3 Å². The second-order valence-electron chi connectivity index (χ2n) is 6.80. The molecule has 4 aromatic rings. The van der Waals surface area contributed by atoms with Crippen molar-refractivity contribution < 1.29 is 19.5 Å². The van der Waals surface area contributed by atoms with Gasteiger partial charge in [-0.25, -0.2) is 9.55 Å². The lowest BCUT2D eigenvalue weighted by Gasteiger charge is -2.11. The Morgan fingerprint density at radius 1 is 1.26 bits per heavy atom. The Bertz CT molecular complexity index is 1300.